The molecule has 0 fully saturated rings. The highest BCUT2D eigenvalue weighted by atomic mass is 28.3. The number of hydrogen-bond donors (Lipinski definition) is 0. The predicted molar refractivity (Wildman–Crippen MR) is 69.1 cm³/mol. The van der Waals surface area contributed by atoms with Gasteiger partial charge in [-0.25, -0.2) is 0 Å². The Bertz CT molecular complexity index is 333. The third kappa shape index (κ3) is 5.12. The molecule has 0 N–H and O–H groups in total. The smallest absolute Gasteiger partial charge is 0.302 e. The lowest BCUT2D eigenvalue weighted by Gasteiger charge is -2.21. The van der Waals surface area contributed by atoms with Gasteiger partial charge in [0.25, 0.3) is 0 Å². The van der Waals surface area contributed by atoms with Gasteiger partial charge in [0.05, 0.1) is 14.3 Å². The average molecular weight is 236 g/mol. The number of ether oxygens (including phenoxy) is 1. The highest BCUT2D eigenvalue weighted by Crippen LogP contribution is 2.14. The quantitative estimate of drug-likeness (QED) is 0.580. The van der Waals surface area contributed by atoms with Crippen LogP contribution >= 0.6 is 0 Å². The van der Waals surface area contributed by atoms with Crippen LogP contribution < -0.4 is 0 Å². The van der Waals surface area contributed by atoms with Gasteiger partial charge in [-0.3, -0.25) is 4.79 Å². The van der Waals surface area contributed by atoms with Gasteiger partial charge in [-0.2, -0.15) is 0 Å². The van der Waals surface area contributed by atoms with Crippen molar-refractivity contribution in [1.82, 2.24) is 0 Å². The SMILES string of the molecule is CC(=O)OC[Si](C)(C)CCc1ccccc1. The van der Waals surface area contributed by atoms with E-state index in [1.807, 2.05) is 6.07 Å². The number of hydrogen-bond acceptors (Lipinski definition) is 2. The number of esters is 1. The Hall–Kier alpha value is -1.09. The molecule has 0 aliphatic heterocycles. The highest BCUT2D eigenvalue weighted by molar-refractivity contribution is 6.77. The van der Waals surface area contributed by atoms with E-state index in [1.165, 1.54) is 12.5 Å². The van der Waals surface area contributed by atoms with Crippen LogP contribution in [0.25, 0.3) is 0 Å². The predicted octanol–water partition coefficient (Wildman–Crippen LogP) is 3.04. The maximum Gasteiger partial charge on any atom is 0.302 e. The van der Waals surface area contributed by atoms with Crippen molar-refractivity contribution in [1.29, 1.82) is 0 Å². The Balaban J connectivity index is 2.38. The van der Waals surface area contributed by atoms with Gasteiger partial charge in [0.2, 0.25) is 0 Å². The summed E-state index contributed by atoms with van der Waals surface area (Å²) in [6.45, 7) is 6.00. The van der Waals surface area contributed by atoms with Crippen molar-refractivity contribution in [2.45, 2.75) is 32.5 Å². The van der Waals surface area contributed by atoms with Crippen LogP contribution in [-0.2, 0) is 16.0 Å². The van der Waals surface area contributed by atoms with E-state index in [1.54, 1.807) is 0 Å². The Morgan fingerprint density at radius 2 is 1.88 bits per heavy atom. The third-order valence-electron chi connectivity index (χ3n) is 2.60. The van der Waals surface area contributed by atoms with Crippen molar-refractivity contribution in [3.05, 3.63) is 35.9 Å². The molecule has 1 aromatic carbocycles. The number of carbonyl (C=O) groups is 1. The molecule has 0 aliphatic rings. The molecule has 1 rings (SSSR count). The molecule has 0 aliphatic carbocycles. The van der Waals surface area contributed by atoms with Gasteiger partial charge in [-0.15, -0.1) is 0 Å². The van der Waals surface area contributed by atoms with Gasteiger partial charge in [-0.1, -0.05) is 49.5 Å². The van der Waals surface area contributed by atoms with Crippen LogP contribution in [0, 0.1) is 0 Å². The summed E-state index contributed by atoms with van der Waals surface area (Å²) in [6.07, 6.45) is 1.72. The molecule has 88 valence electrons. The second-order valence-electron chi connectivity index (χ2n) is 4.93. The number of aryl methyl sites for hydroxylation is 1. The van der Waals surface area contributed by atoms with Crippen LogP contribution in [0.5, 0.6) is 0 Å². The molecule has 2 nitrogen and oxygen atoms in total. The molecule has 0 atom stereocenters. The van der Waals surface area contributed by atoms with E-state index in [-0.39, 0.29) is 5.97 Å². The molecule has 16 heavy (non-hydrogen) atoms. The van der Waals surface area contributed by atoms with Crippen molar-refractivity contribution in [3.63, 3.8) is 0 Å². The summed E-state index contributed by atoms with van der Waals surface area (Å²) in [4.78, 5) is 10.8. The minimum Gasteiger partial charge on any atom is -0.470 e. The number of benzene rings is 1. The van der Waals surface area contributed by atoms with E-state index in [2.05, 4.69) is 37.4 Å². The molecule has 0 unspecified atom stereocenters. The molecule has 0 aromatic heterocycles. The fourth-order valence-corrected chi connectivity index (χ4v) is 3.20. The Morgan fingerprint density at radius 3 is 2.44 bits per heavy atom. The van der Waals surface area contributed by atoms with E-state index < -0.39 is 8.07 Å². The van der Waals surface area contributed by atoms with Gasteiger partial charge in [0.15, 0.2) is 0 Å². The van der Waals surface area contributed by atoms with E-state index >= 15 is 0 Å². The van der Waals surface area contributed by atoms with Crippen molar-refractivity contribution in [2.75, 3.05) is 6.23 Å². The zero-order chi connectivity index (χ0) is 12.0. The topological polar surface area (TPSA) is 26.3 Å². The van der Waals surface area contributed by atoms with Crippen LogP contribution in [0.1, 0.15) is 12.5 Å². The van der Waals surface area contributed by atoms with Crippen LogP contribution in [0.15, 0.2) is 30.3 Å². The summed E-state index contributed by atoms with van der Waals surface area (Å²) < 4.78 is 5.12. The van der Waals surface area contributed by atoms with Gasteiger partial charge in [-0.05, 0) is 12.0 Å². The minimum absolute atomic E-state index is 0.166. The molecule has 1 aromatic rings. The molecule has 0 saturated carbocycles. The first-order chi connectivity index (χ1) is 7.49. The average Bonchev–Trinajstić information content (AvgIpc) is 2.26. The molecule has 0 heterocycles. The third-order valence-corrected chi connectivity index (χ3v) is 5.13. The van der Waals surface area contributed by atoms with Crippen molar-refractivity contribution in [3.8, 4) is 0 Å². The second kappa shape index (κ2) is 5.85. The first-order valence-electron chi connectivity index (χ1n) is 5.67. The monoisotopic (exact) mass is 236 g/mol. The summed E-state index contributed by atoms with van der Waals surface area (Å²) in [5.74, 6) is -0.166. The molecule has 0 radical (unpaired) electrons. The van der Waals surface area contributed by atoms with Crippen LogP contribution in [0.4, 0.5) is 0 Å². The van der Waals surface area contributed by atoms with Crippen LogP contribution in [0.3, 0.4) is 0 Å². The summed E-state index contributed by atoms with van der Waals surface area (Å²) in [6, 6.07) is 11.6. The summed E-state index contributed by atoms with van der Waals surface area (Å²) in [5, 5.41) is 0. The fourth-order valence-electron chi connectivity index (χ4n) is 1.50. The van der Waals surface area contributed by atoms with E-state index in [0.29, 0.717) is 6.23 Å². The van der Waals surface area contributed by atoms with E-state index in [9.17, 15) is 4.79 Å². The van der Waals surface area contributed by atoms with Crippen molar-refractivity contribution in [2.24, 2.45) is 0 Å². The zero-order valence-electron chi connectivity index (χ0n) is 10.3. The first-order valence-corrected chi connectivity index (χ1v) is 9.08. The standard InChI is InChI=1S/C13H20O2Si/c1-12(14)15-11-16(2,3)10-9-13-7-5-4-6-8-13/h4-8H,9-11H2,1-3H3. The lowest BCUT2D eigenvalue weighted by Crippen LogP contribution is -2.34. The molecule has 0 saturated heterocycles. The largest absolute Gasteiger partial charge is 0.470 e. The lowest BCUT2D eigenvalue weighted by atomic mass is 10.2. The molecule has 0 bridgehead atoms. The Kier molecular flexibility index (Phi) is 4.74. The highest BCUT2D eigenvalue weighted by Gasteiger charge is 2.22. The first kappa shape index (κ1) is 13.0. The number of carbonyl (C=O) groups excluding carboxylic acids is 1. The molecule has 0 spiro atoms. The second-order valence-corrected chi connectivity index (χ2v) is 10.0. The van der Waals surface area contributed by atoms with Crippen LogP contribution in [-0.4, -0.2) is 20.3 Å². The summed E-state index contributed by atoms with van der Waals surface area (Å²) in [7, 11) is -1.39. The lowest BCUT2D eigenvalue weighted by molar-refractivity contribution is -0.139. The Labute approximate surface area is 98.6 Å². The summed E-state index contributed by atoms with van der Waals surface area (Å²) >= 11 is 0. The van der Waals surface area contributed by atoms with Crippen molar-refractivity contribution < 1.29 is 9.53 Å². The van der Waals surface area contributed by atoms with E-state index in [0.717, 1.165) is 12.5 Å². The minimum atomic E-state index is -1.39. The molecule has 0 amide bonds. The van der Waals surface area contributed by atoms with E-state index in [4.69, 9.17) is 4.74 Å². The zero-order valence-corrected chi connectivity index (χ0v) is 11.3. The van der Waals surface area contributed by atoms with Gasteiger partial charge in [0, 0.05) is 6.92 Å². The fraction of sp³-hybridized carbons (Fsp3) is 0.462. The van der Waals surface area contributed by atoms with Gasteiger partial charge in [0.1, 0.15) is 0 Å². The maximum atomic E-state index is 10.8. The normalized spacial score (nSPS) is 11.2. The molecular formula is C13H20O2Si. The van der Waals surface area contributed by atoms with Crippen molar-refractivity contribution >= 4 is 14.0 Å². The van der Waals surface area contributed by atoms with Gasteiger partial charge >= 0.3 is 5.97 Å². The number of rotatable bonds is 5. The van der Waals surface area contributed by atoms with Gasteiger partial charge < -0.3 is 4.74 Å². The summed E-state index contributed by atoms with van der Waals surface area (Å²) in [5.41, 5.74) is 1.37. The van der Waals surface area contributed by atoms with Crippen LogP contribution in [0.2, 0.25) is 19.1 Å². The Morgan fingerprint density at radius 1 is 1.25 bits per heavy atom. The maximum absolute atomic E-state index is 10.8. The molecular weight excluding hydrogens is 216 g/mol. The molecule has 3 heteroatoms.